The first kappa shape index (κ1) is 16.1. The van der Waals surface area contributed by atoms with E-state index in [0.717, 1.165) is 11.1 Å². The van der Waals surface area contributed by atoms with E-state index in [1.54, 1.807) is 0 Å². The van der Waals surface area contributed by atoms with Gasteiger partial charge < -0.3 is 14.6 Å². The zero-order valence-electron chi connectivity index (χ0n) is 13.3. The molecule has 4 nitrogen and oxygen atoms in total. The minimum Gasteiger partial charge on any atom is -0.391 e. The summed E-state index contributed by atoms with van der Waals surface area (Å²) in [6.07, 6.45) is -0.0264. The summed E-state index contributed by atoms with van der Waals surface area (Å²) in [5.74, 6) is 0. The first-order valence-corrected chi connectivity index (χ1v) is 8.00. The van der Waals surface area contributed by atoms with E-state index in [1.165, 1.54) is 5.56 Å². The molecular formula is C19H23NO3. The lowest BCUT2D eigenvalue weighted by Gasteiger charge is -2.20. The lowest BCUT2D eigenvalue weighted by Crippen LogP contribution is -2.32. The third-order valence-corrected chi connectivity index (χ3v) is 4.15. The molecule has 4 heteroatoms. The molecule has 0 heterocycles. The van der Waals surface area contributed by atoms with E-state index in [0.29, 0.717) is 19.8 Å². The zero-order chi connectivity index (χ0) is 16.1. The fourth-order valence-electron chi connectivity index (χ4n) is 2.91. The van der Waals surface area contributed by atoms with Gasteiger partial charge >= 0.3 is 0 Å². The predicted molar refractivity (Wildman–Crippen MR) is 88.7 cm³/mol. The zero-order valence-corrected chi connectivity index (χ0v) is 13.3. The molecule has 0 aromatic heterocycles. The van der Waals surface area contributed by atoms with Crippen molar-refractivity contribution >= 4 is 0 Å². The van der Waals surface area contributed by atoms with Gasteiger partial charge in [0, 0.05) is 6.42 Å². The third kappa shape index (κ3) is 4.18. The van der Waals surface area contributed by atoms with Crippen LogP contribution >= 0.6 is 0 Å². The summed E-state index contributed by atoms with van der Waals surface area (Å²) in [5.41, 5.74) is 3.48. The lowest BCUT2D eigenvalue weighted by molar-refractivity contribution is -0.144. The molecule has 0 spiro atoms. The molecule has 1 aliphatic carbocycles. The normalized spacial score (nSPS) is 21.1. The van der Waals surface area contributed by atoms with E-state index in [4.69, 9.17) is 9.47 Å². The molecule has 0 aliphatic heterocycles. The summed E-state index contributed by atoms with van der Waals surface area (Å²) in [6, 6.07) is 18.1. The summed E-state index contributed by atoms with van der Waals surface area (Å²) in [6.45, 7) is 2.74. The highest BCUT2D eigenvalue weighted by molar-refractivity contribution is 5.36. The van der Waals surface area contributed by atoms with Crippen molar-refractivity contribution in [2.45, 2.75) is 38.4 Å². The van der Waals surface area contributed by atoms with Gasteiger partial charge in [0.15, 0.2) is 6.29 Å². The molecule has 2 N–H and O–H groups in total. The van der Waals surface area contributed by atoms with Gasteiger partial charge in [-0.1, -0.05) is 54.6 Å². The molecular weight excluding hydrogens is 290 g/mol. The van der Waals surface area contributed by atoms with Crippen LogP contribution in [0.1, 0.15) is 29.7 Å². The van der Waals surface area contributed by atoms with E-state index >= 15 is 0 Å². The number of hydrogen-bond donors (Lipinski definition) is 2. The maximum atomic E-state index is 10.2. The first-order chi connectivity index (χ1) is 11.2. The third-order valence-electron chi connectivity index (χ3n) is 4.15. The molecule has 0 radical (unpaired) electrons. The Bertz CT molecular complexity index is 617. The monoisotopic (exact) mass is 313 g/mol. The number of rotatable bonds is 7. The smallest absolute Gasteiger partial charge is 0.157 e. The van der Waals surface area contributed by atoms with Crippen molar-refractivity contribution in [2.24, 2.45) is 0 Å². The molecule has 0 amide bonds. The van der Waals surface area contributed by atoms with Gasteiger partial charge in [0.05, 0.1) is 18.8 Å². The van der Waals surface area contributed by atoms with Gasteiger partial charge in [0.25, 0.3) is 0 Å². The van der Waals surface area contributed by atoms with Gasteiger partial charge in [0.2, 0.25) is 0 Å². The average molecular weight is 313 g/mol. The minimum atomic E-state index is -0.406. The number of ether oxygens (including phenoxy) is 2. The van der Waals surface area contributed by atoms with Gasteiger partial charge in [-0.2, -0.15) is 0 Å². The number of aliphatic hydroxyl groups is 1. The van der Waals surface area contributed by atoms with Crippen molar-refractivity contribution in [3.8, 4) is 0 Å². The Kier molecular flexibility index (Phi) is 5.41. The SMILES string of the molecule is CC(OCN[C@@H]1c2ccccc2C[C@@H]1O)OCc1ccccc1. The highest BCUT2D eigenvalue weighted by atomic mass is 16.7. The van der Waals surface area contributed by atoms with Crippen LogP contribution in [-0.2, 0) is 22.5 Å². The Balaban J connectivity index is 1.43. The summed E-state index contributed by atoms with van der Waals surface area (Å²) >= 11 is 0. The Morgan fingerprint density at radius 1 is 1.09 bits per heavy atom. The van der Waals surface area contributed by atoms with Crippen molar-refractivity contribution in [3.05, 3.63) is 71.3 Å². The molecule has 3 rings (SSSR count). The predicted octanol–water partition coefficient (Wildman–Crippen LogP) is 2.77. The average Bonchev–Trinajstić information content (AvgIpc) is 2.90. The number of fused-ring (bicyclic) bond motifs is 1. The van der Waals surface area contributed by atoms with Crippen LogP contribution < -0.4 is 5.32 Å². The van der Waals surface area contributed by atoms with Crippen LogP contribution in [0, 0.1) is 0 Å². The molecule has 23 heavy (non-hydrogen) atoms. The Labute approximate surface area is 137 Å². The molecule has 2 aromatic carbocycles. The van der Waals surface area contributed by atoms with Crippen LogP contribution in [-0.4, -0.2) is 24.2 Å². The van der Waals surface area contributed by atoms with Gasteiger partial charge in [-0.3, -0.25) is 5.32 Å². The number of nitrogens with one attached hydrogen (secondary N) is 1. The molecule has 0 saturated carbocycles. The second-order valence-corrected chi connectivity index (χ2v) is 5.83. The van der Waals surface area contributed by atoms with Crippen LogP contribution in [0.25, 0.3) is 0 Å². The minimum absolute atomic E-state index is 0.0764. The van der Waals surface area contributed by atoms with Crippen molar-refractivity contribution in [1.82, 2.24) is 5.32 Å². The molecule has 0 fully saturated rings. The number of aliphatic hydroxyl groups excluding tert-OH is 1. The maximum absolute atomic E-state index is 10.2. The lowest BCUT2D eigenvalue weighted by atomic mass is 10.1. The van der Waals surface area contributed by atoms with Crippen LogP contribution in [0.5, 0.6) is 0 Å². The van der Waals surface area contributed by atoms with Crippen LogP contribution in [0.4, 0.5) is 0 Å². The van der Waals surface area contributed by atoms with Gasteiger partial charge in [-0.15, -0.1) is 0 Å². The van der Waals surface area contributed by atoms with Crippen LogP contribution in [0.2, 0.25) is 0 Å². The number of hydrogen-bond acceptors (Lipinski definition) is 4. The van der Waals surface area contributed by atoms with Crippen molar-refractivity contribution in [2.75, 3.05) is 6.73 Å². The molecule has 0 bridgehead atoms. The van der Waals surface area contributed by atoms with E-state index in [1.807, 2.05) is 49.4 Å². The Morgan fingerprint density at radius 3 is 2.65 bits per heavy atom. The molecule has 2 aromatic rings. The maximum Gasteiger partial charge on any atom is 0.157 e. The van der Waals surface area contributed by atoms with E-state index < -0.39 is 6.10 Å². The van der Waals surface area contributed by atoms with Gasteiger partial charge in [-0.05, 0) is 23.6 Å². The van der Waals surface area contributed by atoms with E-state index in [-0.39, 0.29) is 12.3 Å². The van der Waals surface area contributed by atoms with Gasteiger partial charge in [0.1, 0.15) is 6.73 Å². The second kappa shape index (κ2) is 7.70. The largest absolute Gasteiger partial charge is 0.391 e. The fourth-order valence-corrected chi connectivity index (χ4v) is 2.91. The van der Waals surface area contributed by atoms with Crippen molar-refractivity contribution in [1.29, 1.82) is 0 Å². The standard InChI is InChI=1S/C19H23NO3/c1-14(22-12-15-7-3-2-4-8-15)23-13-20-19-17-10-6-5-9-16(17)11-18(19)21/h2-10,14,18-21H,11-13H2,1H3/t14?,18-,19+/m0/s1. The number of benzene rings is 2. The molecule has 1 aliphatic rings. The highest BCUT2D eigenvalue weighted by Gasteiger charge is 2.30. The second-order valence-electron chi connectivity index (χ2n) is 5.83. The summed E-state index contributed by atoms with van der Waals surface area (Å²) in [4.78, 5) is 0. The molecule has 122 valence electrons. The Hall–Kier alpha value is -1.72. The van der Waals surface area contributed by atoms with Crippen molar-refractivity contribution in [3.63, 3.8) is 0 Å². The highest BCUT2D eigenvalue weighted by Crippen LogP contribution is 2.30. The first-order valence-electron chi connectivity index (χ1n) is 8.00. The van der Waals surface area contributed by atoms with E-state index in [9.17, 15) is 5.11 Å². The Morgan fingerprint density at radius 2 is 1.83 bits per heavy atom. The molecule has 3 atom stereocenters. The van der Waals surface area contributed by atoms with Crippen LogP contribution in [0.3, 0.4) is 0 Å². The molecule has 1 unspecified atom stereocenters. The molecule has 0 saturated heterocycles. The van der Waals surface area contributed by atoms with E-state index in [2.05, 4.69) is 17.4 Å². The summed E-state index contributed by atoms with van der Waals surface area (Å²) in [7, 11) is 0. The van der Waals surface area contributed by atoms with Gasteiger partial charge in [-0.25, -0.2) is 0 Å². The summed E-state index contributed by atoms with van der Waals surface area (Å²) < 4.78 is 11.3. The van der Waals surface area contributed by atoms with Crippen molar-refractivity contribution < 1.29 is 14.6 Å². The topological polar surface area (TPSA) is 50.7 Å². The fraction of sp³-hybridized carbons (Fsp3) is 0.368. The summed E-state index contributed by atoms with van der Waals surface area (Å²) in [5, 5.41) is 13.4. The quantitative estimate of drug-likeness (QED) is 0.772. The van der Waals surface area contributed by atoms with Crippen LogP contribution in [0.15, 0.2) is 54.6 Å².